The summed E-state index contributed by atoms with van der Waals surface area (Å²) < 4.78 is 2.15. The normalized spacial score (nSPS) is 18.6. The van der Waals surface area contributed by atoms with E-state index in [0.29, 0.717) is 6.04 Å². The van der Waals surface area contributed by atoms with E-state index in [9.17, 15) is 0 Å². The number of nitrogens with one attached hydrogen (secondary N) is 1. The highest BCUT2D eigenvalue weighted by Crippen LogP contribution is 2.30. The summed E-state index contributed by atoms with van der Waals surface area (Å²) in [7, 11) is 0. The van der Waals surface area contributed by atoms with Crippen LogP contribution in [0, 0.1) is 6.92 Å². The molecular weight excluding hydrogens is 246 g/mol. The van der Waals surface area contributed by atoms with Crippen LogP contribution in [-0.2, 0) is 6.42 Å². The van der Waals surface area contributed by atoms with Crippen molar-refractivity contribution in [2.75, 3.05) is 6.54 Å². The molecule has 0 saturated carbocycles. The lowest BCUT2D eigenvalue weighted by atomic mass is 10.1. The molecule has 0 aliphatic heterocycles. The van der Waals surface area contributed by atoms with Gasteiger partial charge < -0.3 is 5.32 Å². The van der Waals surface area contributed by atoms with Crippen LogP contribution in [0.4, 0.5) is 0 Å². The number of nitrogens with zero attached hydrogens (tertiary/aromatic N) is 2. The number of fused-ring (bicyclic) bond motifs is 1. The van der Waals surface area contributed by atoms with Gasteiger partial charge in [-0.05, 0) is 44.4 Å². The molecule has 20 heavy (non-hydrogen) atoms. The smallest absolute Gasteiger partial charge is 0.0678 e. The van der Waals surface area contributed by atoms with E-state index in [2.05, 4.69) is 59.4 Å². The number of aryl methyl sites for hydroxylation is 1. The lowest BCUT2D eigenvalue weighted by Gasteiger charge is -2.16. The zero-order valence-electron chi connectivity index (χ0n) is 12.4. The van der Waals surface area contributed by atoms with Crippen molar-refractivity contribution in [2.24, 2.45) is 0 Å². The predicted molar refractivity (Wildman–Crippen MR) is 82.3 cm³/mol. The van der Waals surface area contributed by atoms with Crippen molar-refractivity contribution in [3.63, 3.8) is 0 Å². The first-order chi connectivity index (χ1) is 9.81. The van der Waals surface area contributed by atoms with E-state index in [1.807, 2.05) is 0 Å². The Balaban J connectivity index is 2.05. The predicted octanol–water partition coefficient (Wildman–Crippen LogP) is 3.56. The van der Waals surface area contributed by atoms with E-state index in [1.165, 1.54) is 41.8 Å². The Morgan fingerprint density at radius 3 is 2.95 bits per heavy atom. The third-order valence-corrected chi connectivity index (χ3v) is 4.23. The van der Waals surface area contributed by atoms with Crippen molar-refractivity contribution in [1.82, 2.24) is 15.1 Å². The second-order valence-corrected chi connectivity index (χ2v) is 5.60. The summed E-state index contributed by atoms with van der Waals surface area (Å²) >= 11 is 0. The highest BCUT2D eigenvalue weighted by molar-refractivity contribution is 5.42. The van der Waals surface area contributed by atoms with E-state index >= 15 is 0 Å². The number of benzene rings is 1. The van der Waals surface area contributed by atoms with E-state index in [1.54, 1.807) is 0 Å². The van der Waals surface area contributed by atoms with E-state index < -0.39 is 0 Å². The van der Waals surface area contributed by atoms with Gasteiger partial charge in [0.1, 0.15) is 0 Å². The summed E-state index contributed by atoms with van der Waals surface area (Å²) in [6, 6.07) is 8.96. The first-order valence-electron chi connectivity index (χ1n) is 7.67. The maximum Gasteiger partial charge on any atom is 0.0678 e. The van der Waals surface area contributed by atoms with Gasteiger partial charge in [-0.15, -0.1) is 0 Å². The Hall–Kier alpha value is -1.61. The molecule has 106 valence electrons. The number of para-hydroxylation sites is 1. The summed E-state index contributed by atoms with van der Waals surface area (Å²) in [6.45, 7) is 5.35. The molecule has 0 fully saturated rings. The van der Waals surface area contributed by atoms with Gasteiger partial charge in [0.25, 0.3) is 0 Å². The van der Waals surface area contributed by atoms with Crippen LogP contribution in [0.1, 0.15) is 49.0 Å². The monoisotopic (exact) mass is 269 g/mol. The molecule has 1 aliphatic rings. The molecular formula is C17H23N3. The van der Waals surface area contributed by atoms with Crippen LogP contribution < -0.4 is 5.32 Å². The third kappa shape index (κ3) is 2.38. The summed E-state index contributed by atoms with van der Waals surface area (Å²) in [6.07, 6.45) is 6.97. The SMILES string of the molecule is CCNC1CCCCc2c1cnn2-c1ccccc1C. The van der Waals surface area contributed by atoms with E-state index in [-0.39, 0.29) is 0 Å². The van der Waals surface area contributed by atoms with Gasteiger partial charge in [0.15, 0.2) is 0 Å². The maximum atomic E-state index is 4.68. The second kappa shape index (κ2) is 5.80. The van der Waals surface area contributed by atoms with Crippen LogP contribution in [0.15, 0.2) is 30.5 Å². The van der Waals surface area contributed by atoms with E-state index in [0.717, 1.165) is 13.0 Å². The Bertz CT molecular complexity index is 586. The van der Waals surface area contributed by atoms with Crippen LogP contribution in [0.3, 0.4) is 0 Å². The van der Waals surface area contributed by atoms with Crippen molar-refractivity contribution in [2.45, 2.75) is 45.6 Å². The minimum Gasteiger partial charge on any atom is -0.310 e. The van der Waals surface area contributed by atoms with Gasteiger partial charge in [-0.2, -0.15) is 5.10 Å². The minimum atomic E-state index is 0.468. The van der Waals surface area contributed by atoms with Crippen LogP contribution in [-0.4, -0.2) is 16.3 Å². The second-order valence-electron chi connectivity index (χ2n) is 5.60. The molecule has 1 heterocycles. The molecule has 3 rings (SSSR count). The molecule has 3 heteroatoms. The highest BCUT2D eigenvalue weighted by atomic mass is 15.3. The molecule has 1 aromatic heterocycles. The highest BCUT2D eigenvalue weighted by Gasteiger charge is 2.22. The fourth-order valence-electron chi connectivity index (χ4n) is 3.19. The molecule has 1 aromatic carbocycles. The van der Waals surface area contributed by atoms with Gasteiger partial charge in [0.05, 0.1) is 11.9 Å². The van der Waals surface area contributed by atoms with Crippen molar-refractivity contribution in [1.29, 1.82) is 0 Å². The summed E-state index contributed by atoms with van der Waals surface area (Å²) in [5.74, 6) is 0. The van der Waals surface area contributed by atoms with Crippen molar-refractivity contribution < 1.29 is 0 Å². The van der Waals surface area contributed by atoms with Crippen LogP contribution >= 0.6 is 0 Å². The molecule has 0 saturated heterocycles. The van der Waals surface area contributed by atoms with Gasteiger partial charge in [-0.3, -0.25) is 0 Å². The van der Waals surface area contributed by atoms with Gasteiger partial charge >= 0.3 is 0 Å². The van der Waals surface area contributed by atoms with Crippen LogP contribution in [0.25, 0.3) is 5.69 Å². The molecule has 0 radical (unpaired) electrons. The lowest BCUT2D eigenvalue weighted by molar-refractivity contribution is 0.503. The standard InChI is InChI=1S/C17H23N3/c1-3-18-15-9-5-7-11-17-14(15)12-19-20(17)16-10-6-4-8-13(16)2/h4,6,8,10,12,15,18H,3,5,7,9,11H2,1-2H3. The molecule has 1 aliphatic carbocycles. The Morgan fingerprint density at radius 1 is 1.30 bits per heavy atom. The Morgan fingerprint density at radius 2 is 2.15 bits per heavy atom. The first kappa shape index (κ1) is 13.4. The lowest BCUT2D eigenvalue weighted by Crippen LogP contribution is -2.20. The largest absolute Gasteiger partial charge is 0.310 e. The van der Waals surface area contributed by atoms with Crippen molar-refractivity contribution in [3.8, 4) is 5.69 Å². The molecule has 1 unspecified atom stereocenters. The van der Waals surface area contributed by atoms with Crippen LogP contribution in [0.5, 0.6) is 0 Å². The molecule has 1 N–H and O–H groups in total. The summed E-state index contributed by atoms with van der Waals surface area (Å²) in [5, 5.41) is 8.29. The summed E-state index contributed by atoms with van der Waals surface area (Å²) in [4.78, 5) is 0. The van der Waals surface area contributed by atoms with Crippen LogP contribution in [0.2, 0.25) is 0 Å². The molecule has 0 bridgehead atoms. The summed E-state index contributed by atoms with van der Waals surface area (Å²) in [5.41, 5.74) is 5.28. The Kier molecular flexibility index (Phi) is 3.88. The fraction of sp³-hybridized carbons (Fsp3) is 0.471. The van der Waals surface area contributed by atoms with Gasteiger partial charge in [0.2, 0.25) is 0 Å². The van der Waals surface area contributed by atoms with Crippen molar-refractivity contribution in [3.05, 3.63) is 47.3 Å². The van der Waals surface area contributed by atoms with E-state index in [4.69, 9.17) is 0 Å². The zero-order chi connectivity index (χ0) is 13.9. The molecule has 0 spiro atoms. The minimum absolute atomic E-state index is 0.468. The third-order valence-electron chi connectivity index (χ3n) is 4.23. The average Bonchev–Trinajstić information content (AvgIpc) is 2.76. The molecule has 2 aromatic rings. The molecule has 1 atom stereocenters. The van der Waals surface area contributed by atoms with Gasteiger partial charge in [-0.1, -0.05) is 31.5 Å². The topological polar surface area (TPSA) is 29.9 Å². The first-order valence-corrected chi connectivity index (χ1v) is 7.67. The Labute approximate surface area is 121 Å². The van der Waals surface area contributed by atoms with Gasteiger partial charge in [-0.25, -0.2) is 4.68 Å². The number of aromatic nitrogens is 2. The number of rotatable bonds is 3. The number of hydrogen-bond donors (Lipinski definition) is 1. The van der Waals surface area contributed by atoms with Crippen molar-refractivity contribution >= 4 is 0 Å². The number of hydrogen-bond acceptors (Lipinski definition) is 2. The average molecular weight is 269 g/mol. The fourth-order valence-corrected chi connectivity index (χ4v) is 3.19. The van der Waals surface area contributed by atoms with Gasteiger partial charge in [0, 0.05) is 17.3 Å². The quantitative estimate of drug-likeness (QED) is 0.863. The maximum absolute atomic E-state index is 4.68. The zero-order valence-corrected chi connectivity index (χ0v) is 12.4. The molecule has 0 amide bonds. The molecule has 3 nitrogen and oxygen atoms in total.